The van der Waals surface area contributed by atoms with E-state index in [9.17, 15) is 36.4 Å². The first-order valence-electron chi connectivity index (χ1n) is 21.2. The normalized spacial score (nSPS) is 30.9. The average Bonchev–Trinajstić information content (AvgIpc) is 4.01. The Morgan fingerprint density at radius 1 is 1.11 bits per heavy atom. The number of esters is 1. The van der Waals surface area contributed by atoms with Crippen molar-refractivity contribution < 1.29 is 54.7 Å². The highest BCUT2D eigenvalue weighted by molar-refractivity contribution is 7.91. The number of halogens is 2. The predicted molar refractivity (Wildman–Crippen MR) is 208 cm³/mol. The number of rotatable bonds is 10. The van der Waals surface area contributed by atoms with Crippen molar-refractivity contribution in [3.05, 3.63) is 42.6 Å². The number of sulfonamides is 1. The molecule has 1 N–H and O–H groups in total. The van der Waals surface area contributed by atoms with E-state index in [-0.39, 0.29) is 43.4 Å². The number of pyridine rings is 1. The maximum Gasteiger partial charge on any atom is 0.307 e. The molecule has 1 aromatic heterocycles. The van der Waals surface area contributed by atoms with Crippen molar-refractivity contribution in [3.8, 4) is 11.6 Å². The number of amides is 2. The third-order valence-electron chi connectivity index (χ3n) is 12.7. The number of hydrogen-bond acceptors (Lipinski definition) is 10. The van der Waals surface area contributed by atoms with E-state index in [1.54, 1.807) is 38.1 Å². The average molecular weight is 819 g/mol. The van der Waals surface area contributed by atoms with Crippen LogP contribution >= 0.6 is 0 Å². The van der Waals surface area contributed by atoms with Crippen LogP contribution < -0.4 is 14.2 Å². The summed E-state index contributed by atoms with van der Waals surface area (Å²) in [6.07, 6.45) is 5.88. The van der Waals surface area contributed by atoms with Crippen LogP contribution in [0, 0.1) is 29.1 Å². The summed E-state index contributed by atoms with van der Waals surface area (Å²) in [5, 5.41) is 0.783. The number of nitrogens with zero attached hydrogens (tertiary/aromatic N) is 2. The molecule has 1 saturated heterocycles. The minimum Gasteiger partial charge on any atom is -0.494 e. The Labute approximate surface area is 337 Å². The number of ketones is 1. The van der Waals surface area contributed by atoms with Crippen LogP contribution in [0.25, 0.3) is 10.8 Å². The highest BCUT2D eigenvalue weighted by atomic mass is 32.2. The van der Waals surface area contributed by atoms with Crippen LogP contribution in [-0.4, -0.2) is 83.9 Å². The molecule has 1 aromatic carbocycles. The standard InChI is InChI=1S/C42H55F2N3O9S/c1-25-12-8-9-13-27-21-42(27,38(51)46-57(52,53)40(5)16-17-40)22-33(48)32-19-28(55-36-30-15-11-10-14-29(30)34(54-7)23-45-36)24-47(32)37(50)31(26(2)18-25)20-35(49)56-39(3,4)41(6,43)44/h9-11,13-15,23,25-28,31-32H,8,12,16-22,24H2,1-7H3,(H,46,51)/b13-9-/t25-,26-,27-,28-,31+,32+,42-/m1/s1/i7D3. The van der Waals surface area contributed by atoms with Crippen LogP contribution in [0.1, 0.15) is 103 Å². The Morgan fingerprint density at radius 2 is 1.81 bits per heavy atom. The lowest BCUT2D eigenvalue weighted by molar-refractivity contribution is -0.197. The molecule has 312 valence electrons. The van der Waals surface area contributed by atoms with Gasteiger partial charge < -0.3 is 19.1 Å². The molecule has 3 fully saturated rings. The fraction of sp³-hybridized carbons (Fsp3) is 0.643. The minimum absolute atomic E-state index is 0.0151. The number of benzene rings is 1. The summed E-state index contributed by atoms with van der Waals surface area (Å²) in [6, 6.07) is 5.47. The molecule has 2 aliphatic carbocycles. The van der Waals surface area contributed by atoms with Gasteiger partial charge in [-0.2, -0.15) is 0 Å². The molecule has 0 spiro atoms. The van der Waals surface area contributed by atoms with E-state index in [2.05, 4.69) is 9.71 Å². The van der Waals surface area contributed by atoms with Gasteiger partial charge in [0.05, 0.1) is 52.4 Å². The maximum atomic E-state index is 14.9. The molecule has 0 unspecified atom stereocenters. The first kappa shape index (κ1) is 38.4. The Balaban J connectivity index is 1.36. The fourth-order valence-corrected chi connectivity index (χ4v) is 9.49. The van der Waals surface area contributed by atoms with Gasteiger partial charge in [0.1, 0.15) is 11.9 Å². The summed E-state index contributed by atoms with van der Waals surface area (Å²) < 4.78 is 96.2. The fourth-order valence-electron chi connectivity index (χ4n) is 8.15. The number of hydrogen-bond donors (Lipinski definition) is 1. The van der Waals surface area contributed by atoms with E-state index in [0.717, 1.165) is 13.8 Å². The van der Waals surface area contributed by atoms with Crippen molar-refractivity contribution in [2.24, 2.45) is 29.1 Å². The number of nitrogens with one attached hydrogen (secondary N) is 1. The monoisotopic (exact) mass is 818 g/mol. The Kier molecular flexibility index (Phi) is 10.5. The van der Waals surface area contributed by atoms with E-state index in [0.29, 0.717) is 49.8 Å². The van der Waals surface area contributed by atoms with Crippen molar-refractivity contribution in [1.29, 1.82) is 0 Å². The van der Waals surface area contributed by atoms with Crippen molar-refractivity contribution in [2.75, 3.05) is 13.6 Å². The summed E-state index contributed by atoms with van der Waals surface area (Å²) in [5.74, 6) is -8.20. The molecular formula is C42H55F2N3O9S. The number of methoxy groups -OCH3 is 1. The lowest BCUT2D eigenvalue weighted by atomic mass is 9.82. The van der Waals surface area contributed by atoms with Crippen molar-refractivity contribution in [2.45, 2.75) is 128 Å². The molecule has 4 aliphatic rings. The Bertz CT molecular complexity index is 2160. The first-order valence-corrected chi connectivity index (χ1v) is 21.1. The summed E-state index contributed by atoms with van der Waals surface area (Å²) in [7, 11) is -6.81. The molecule has 15 heteroatoms. The quantitative estimate of drug-likeness (QED) is 0.206. The lowest BCUT2D eigenvalue weighted by Crippen LogP contribution is -2.49. The van der Waals surface area contributed by atoms with Crippen LogP contribution in [-0.2, 0) is 33.9 Å². The number of allylic oxidation sites excluding steroid dienone is 2. The Morgan fingerprint density at radius 3 is 2.47 bits per heavy atom. The number of ether oxygens (including phenoxy) is 3. The van der Waals surface area contributed by atoms with E-state index in [4.69, 9.17) is 18.3 Å². The van der Waals surface area contributed by atoms with Gasteiger partial charge in [-0.05, 0) is 83.1 Å². The van der Waals surface area contributed by atoms with Crippen LogP contribution in [0.3, 0.4) is 0 Å². The van der Waals surface area contributed by atoms with Gasteiger partial charge in [0.15, 0.2) is 11.4 Å². The SMILES string of the molecule is [2H]C([2H])([2H])Oc1cnc(O[C@@H]2C[C@H]3C(=O)C[C@]4(C(=O)NS(=O)(=O)C5(C)CC5)C[C@H]4/C=C\CC[C@@H](C)C[C@@H](C)[C@H](CC(=O)OC(C)(C)C(C)(F)F)C(=O)N3C2)c2ccccc12. The van der Waals surface area contributed by atoms with Gasteiger partial charge >= 0.3 is 5.97 Å². The number of fused-ring (bicyclic) bond motifs is 3. The molecular weight excluding hydrogens is 761 g/mol. The number of alkyl halides is 2. The van der Waals surface area contributed by atoms with Gasteiger partial charge in [-0.1, -0.05) is 44.2 Å². The summed E-state index contributed by atoms with van der Waals surface area (Å²) >= 11 is 0. The molecule has 2 aromatic rings. The zero-order valence-corrected chi connectivity index (χ0v) is 34.1. The molecule has 0 bridgehead atoms. The van der Waals surface area contributed by atoms with Crippen molar-refractivity contribution in [3.63, 3.8) is 0 Å². The molecule has 3 heterocycles. The molecule has 2 saturated carbocycles. The topological polar surface area (TPSA) is 158 Å². The van der Waals surface area contributed by atoms with E-state index in [1.165, 1.54) is 11.1 Å². The largest absolute Gasteiger partial charge is 0.494 e. The number of carbonyl (C=O) groups excluding carboxylic acids is 4. The van der Waals surface area contributed by atoms with Crippen LogP contribution in [0.15, 0.2) is 42.6 Å². The van der Waals surface area contributed by atoms with Gasteiger partial charge in [-0.15, -0.1) is 0 Å². The van der Waals surface area contributed by atoms with Crippen LogP contribution in [0.4, 0.5) is 8.78 Å². The van der Waals surface area contributed by atoms with Gasteiger partial charge in [0.25, 0.3) is 5.92 Å². The summed E-state index contributed by atoms with van der Waals surface area (Å²) in [5.41, 5.74) is -3.57. The Hall–Kier alpha value is -4.14. The highest BCUT2D eigenvalue weighted by Crippen LogP contribution is 2.58. The first-order chi connectivity index (χ1) is 27.8. The molecule has 12 nitrogen and oxygen atoms in total. The minimum atomic E-state index is -4.04. The summed E-state index contributed by atoms with van der Waals surface area (Å²) in [4.78, 5) is 62.7. The van der Waals surface area contributed by atoms with Gasteiger partial charge in [0.2, 0.25) is 27.7 Å². The summed E-state index contributed by atoms with van der Waals surface area (Å²) in [6.45, 7) is 8.01. The molecule has 7 atom stereocenters. The van der Waals surface area contributed by atoms with Crippen molar-refractivity contribution >= 4 is 44.4 Å². The van der Waals surface area contributed by atoms with Gasteiger partial charge in [0, 0.05) is 30.5 Å². The second kappa shape index (κ2) is 15.6. The highest BCUT2D eigenvalue weighted by Gasteiger charge is 2.63. The molecule has 2 amide bonds. The third-order valence-corrected chi connectivity index (χ3v) is 14.9. The van der Waals surface area contributed by atoms with Crippen molar-refractivity contribution in [1.82, 2.24) is 14.6 Å². The maximum absolute atomic E-state index is 14.9. The second-order valence-electron chi connectivity index (χ2n) is 17.6. The van der Waals surface area contributed by atoms with Gasteiger partial charge in [-0.3, -0.25) is 23.9 Å². The van der Waals surface area contributed by atoms with E-state index >= 15 is 0 Å². The third kappa shape index (κ3) is 8.68. The molecule has 6 rings (SSSR count). The van der Waals surface area contributed by atoms with Gasteiger partial charge in [-0.25, -0.2) is 22.2 Å². The van der Waals surface area contributed by atoms with E-state index < -0.39 is 98.6 Å². The smallest absolute Gasteiger partial charge is 0.307 e. The zero-order valence-electron chi connectivity index (χ0n) is 36.3. The van der Waals surface area contributed by atoms with E-state index in [1.807, 2.05) is 19.1 Å². The predicted octanol–water partition coefficient (Wildman–Crippen LogP) is 6.55. The molecule has 2 aliphatic heterocycles. The number of aromatic nitrogens is 1. The number of carbonyl (C=O) groups is 4. The zero-order chi connectivity index (χ0) is 44.2. The molecule has 0 radical (unpaired) electrons. The number of Topliss-reactive ketones (excluding diaryl/α,β-unsaturated/α-hetero) is 1. The van der Waals surface area contributed by atoms with Crippen LogP contribution in [0.5, 0.6) is 11.6 Å². The lowest BCUT2D eigenvalue weighted by Gasteiger charge is -2.34. The molecule has 57 heavy (non-hydrogen) atoms. The van der Waals surface area contributed by atoms with Crippen LogP contribution in [0.2, 0.25) is 0 Å². The second-order valence-corrected chi connectivity index (χ2v) is 19.8.